The standard InChI is InChI=1S/C32H49N5O7S/c1-5-6-7-8-9-10-11-16-24(30(40)41)34-29(39)25-17-14-19-37(25)28(38)20-33-31(42)35-27(32(2,3)4)22-36-21-23-15-12-13-18-26(23)45(36,43)44/h9-10,12-13,15,18,24-25,27H,5-8,11,14,16-17,19-22H2,1-4H3,(H,34,39)(H,40,41)(H2,33,35,42)/b10-9-/t24-,25-,27?/m0/s1. The Morgan fingerprint density at radius 1 is 1.07 bits per heavy atom. The lowest BCUT2D eigenvalue weighted by Crippen LogP contribution is -2.55. The van der Waals surface area contributed by atoms with Crippen molar-refractivity contribution >= 4 is 33.8 Å². The summed E-state index contributed by atoms with van der Waals surface area (Å²) in [5, 5.41) is 17.6. The third-order valence-electron chi connectivity index (χ3n) is 8.33. The number of rotatable bonds is 15. The number of fused-ring (bicyclic) bond motifs is 1. The number of nitrogens with zero attached hydrogens (tertiary/aromatic N) is 2. The fourth-order valence-corrected chi connectivity index (χ4v) is 7.19. The van der Waals surface area contributed by atoms with Gasteiger partial charge in [-0.05, 0) is 55.6 Å². The highest BCUT2D eigenvalue weighted by Gasteiger charge is 2.39. The number of carbonyl (C=O) groups is 4. The lowest BCUT2D eigenvalue weighted by molar-refractivity contribution is -0.143. The number of sulfonamides is 1. The Labute approximate surface area is 267 Å². The van der Waals surface area contributed by atoms with Gasteiger partial charge in [-0.3, -0.25) is 9.59 Å². The SMILES string of the molecule is CCCCC/C=C\CC[C@H](NC(=O)[C@@H]1CCCN1C(=O)CNC(=O)NC(CN1Cc2ccccc2S1(=O)=O)C(C)(C)C)C(=O)O. The fourth-order valence-electron chi connectivity index (χ4n) is 5.54. The van der Waals surface area contributed by atoms with Gasteiger partial charge in [0.15, 0.2) is 0 Å². The number of hydrogen-bond acceptors (Lipinski definition) is 6. The van der Waals surface area contributed by atoms with Crippen molar-refractivity contribution in [2.24, 2.45) is 5.41 Å². The van der Waals surface area contributed by atoms with E-state index < -0.39 is 57.4 Å². The quantitative estimate of drug-likeness (QED) is 0.167. The van der Waals surface area contributed by atoms with Gasteiger partial charge in [0.2, 0.25) is 21.8 Å². The summed E-state index contributed by atoms with van der Waals surface area (Å²) in [6.45, 7) is 8.01. The molecule has 2 aliphatic rings. The number of urea groups is 1. The van der Waals surface area contributed by atoms with Crippen LogP contribution in [0.15, 0.2) is 41.3 Å². The van der Waals surface area contributed by atoms with Crippen molar-refractivity contribution in [1.82, 2.24) is 25.2 Å². The Balaban J connectivity index is 1.52. The summed E-state index contributed by atoms with van der Waals surface area (Å²) >= 11 is 0. The van der Waals surface area contributed by atoms with Crippen molar-refractivity contribution in [1.29, 1.82) is 0 Å². The lowest BCUT2D eigenvalue weighted by Gasteiger charge is -2.34. The lowest BCUT2D eigenvalue weighted by atomic mass is 9.86. The van der Waals surface area contributed by atoms with Gasteiger partial charge in [0.1, 0.15) is 12.1 Å². The van der Waals surface area contributed by atoms with E-state index in [9.17, 15) is 32.7 Å². The van der Waals surface area contributed by atoms with Gasteiger partial charge in [-0.25, -0.2) is 18.0 Å². The Morgan fingerprint density at radius 2 is 1.78 bits per heavy atom. The Kier molecular flexibility index (Phi) is 13.0. The second-order valence-electron chi connectivity index (χ2n) is 12.8. The topological polar surface area (TPSA) is 165 Å². The molecule has 4 amide bonds. The molecule has 0 aliphatic carbocycles. The van der Waals surface area contributed by atoms with E-state index in [1.54, 1.807) is 24.3 Å². The van der Waals surface area contributed by atoms with Gasteiger partial charge in [-0.1, -0.05) is 70.9 Å². The maximum atomic E-state index is 13.1. The van der Waals surface area contributed by atoms with E-state index in [1.165, 1.54) is 9.21 Å². The normalized spacial score (nSPS) is 19.2. The van der Waals surface area contributed by atoms with Crippen molar-refractivity contribution in [2.45, 2.75) is 109 Å². The highest BCUT2D eigenvalue weighted by molar-refractivity contribution is 7.89. The summed E-state index contributed by atoms with van der Waals surface area (Å²) in [5.74, 6) is -2.12. The first kappa shape index (κ1) is 36.0. The van der Waals surface area contributed by atoms with Gasteiger partial charge in [0.05, 0.1) is 11.4 Å². The van der Waals surface area contributed by atoms with Crippen LogP contribution in [0.5, 0.6) is 0 Å². The Morgan fingerprint density at radius 3 is 2.44 bits per heavy atom. The largest absolute Gasteiger partial charge is 0.480 e. The third-order valence-corrected chi connectivity index (χ3v) is 10.2. The molecule has 1 aromatic carbocycles. The van der Waals surface area contributed by atoms with Gasteiger partial charge in [-0.2, -0.15) is 4.31 Å². The van der Waals surface area contributed by atoms with Crippen molar-refractivity contribution in [3.63, 3.8) is 0 Å². The van der Waals surface area contributed by atoms with Gasteiger partial charge in [0.25, 0.3) is 0 Å². The number of carbonyl (C=O) groups excluding carboxylic acids is 3. The highest BCUT2D eigenvalue weighted by atomic mass is 32.2. The van der Waals surface area contributed by atoms with Gasteiger partial charge >= 0.3 is 12.0 Å². The number of unbranched alkanes of at least 4 members (excludes halogenated alkanes) is 3. The zero-order valence-corrected chi connectivity index (χ0v) is 27.7. The van der Waals surface area contributed by atoms with E-state index in [0.29, 0.717) is 31.4 Å². The first-order chi connectivity index (χ1) is 21.3. The van der Waals surface area contributed by atoms with E-state index >= 15 is 0 Å². The minimum absolute atomic E-state index is 0.0512. The van der Waals surface area contributed by atoms with Crippen LogP contribution in [0.1, 0.15) is 84.6 Å². The molecular weight excluding hydrogens is 598 g/mol. The molecule has 250 valence electrons. The van der Waals surface area contributed by atoms with Crippen LogP contribution in [0.4, 0.5) is 4.79 Å². The summed E-state index contributed by atoms with van der Waals surface area (Å²) in [6, 6.07) is 3.72. The Bertz CT molecular complexity index is 1340. The number of benzene rings is 1. The number of carboxylic acid groups (broad SMARTS) is 1. The van der Waals surface area contributed by atoms with Crippen LogP contribution >= 0.6 is 0 Å². The molecule has 2 aliphatic heterocycles. The van der Waals surface area contributed by atoms with Crippen LogP contribution in [0.2, 0.25) is 0 Å². The number of likely N-dealkylation sites (tertiary alicyclic amines) is 1. The molecule has 13 heteroatoms. The van der Waals surface area contributed by atoms with Crippen molar-refractivity contribution in [3.05, 3.63) is 42.0 Å². The molecule has 2 heterocycles. The van der Waals surface area contributed by atoms with Crippen LogP contribution in [0.3, 0.4) is 0 Å². The number of nitrogens with one attached hydrogen (secondary N) is 3. The molecule has 0 aromatic heterocycles. The van der Waals surface area contributed by atoms with Crippen LogP contribution in [-0.4, -0.2) is 84.3 Å². The van der Waals surface area contributed by atoms with E-state index in [0.717, 1.165) is 25.7 Å². The first-order valence-corrected chi connectivity index (χ1v) is 17.3. The number of allylic oxidation sites excluding steroid dienone is 2. The van der Waals surface area contributed by atoms with Crippen molar-refractivity contribution < 1.29 is 32.7 Å². The molecule has 0 spiro atoms. The van der Waals surface area contributed by atoms with Crippen LogP contribution < -0.4 is 16.0 Å². The minimum Gasteiger partial charge on any atom is -0.480 e. The zero-order valence-electron chi connectivity index (χ0n) is 26.9. The second-order valence-corrected chi connectivity index (χ2v) is 14.7. The van der Waals surface area contributed by atoms with E-state index in [2.05, 4.69) is 22.9 Å². The molecule has 0 radical (unpaired) electrons. The van der Waals surface area contributed by atoms with Crippen LogP contribution in [0, 0.1) is 5.41 Å². The minimum atomic E-state index is -3.69. The summed E-state index contributed by atoms with van der Waals surface area (Å²) in [7, 11) is -3.69. The van der Waals surface area contributed by atoms with Crippen LogP contribution in [-0.2, 0) is 31.0 Å². The summed E-state index contributed by atoms with van der Waals surface area (Å²) in [6.07, 6.45) is 10.0. The van der Waals surface area contributed by atoms with E-state index in [1.807, 2.05) is 32.9 Å². The summed E-state index contributed by atoms with van der Waals surface area (Å²) in [4.78, 5) is 52.4. The molecule has 1 unspecified atom stereocenters. The first-order valence-electron chi connectivity index (χ1n) is 15.9. The molecule has 0 bridgehead atoms. The van der Waals surface area contributed by atoms with Crippen molar-refractivity contribution in [3.8, 4) is 0 Å². The van der Waals surface area contributed by atoms with Crippen molar-refractivity contribution in [2.75, 3.05) is 19.6 Å². The average Bonchev–Trinajstić information content (AvgIpc) is 3.57. The Hall–Kier alpha value is -3.45. The number of amides is 4. The monoisotopic (exact) mass is 647 g/mol. The maximum absolute atomic E-state index is 13.1. The van der Waals surface area contributed by atoms with Gasteiger partial charge < -0.3 is 26.0 Å². The molecular formula is C32H49N5O7S. The number of hydrogen-bond donors (Lipinski definition) is 4. The average molecular weight is 648 g/mol. The molecule has 1 fully saturated rings. The van der Waals surface area contributed by atoms with Gasteiger partial charge in [0, 0.05) is 25.7 Å². The predicted octanol–water partition coefficient (Wildman–Crippen LogP) is 3.38. The third kappa shape index (κ3) is 10.0. The summed E-state index contributed by atoms with van der Waals surface area (Å²) < 4.78 is 27.5. The zero-order chi connectivity index (χ0) is 33.2. The molecule has 0 saturated carbocycles. The highest BCUT2D eigenvalue weighted by Crippen LogP contribution is 2.32. The molecule has 45 heavy (non-hydrogen) atoms. The predicted molar refractivity (Wildman–Crippen MR) is 171 cm³/mol. The van der Waals surface area contributed by atoms with E-state index in [4.69, 9.17) is 0 Å². The number of aliphatic carboxylic acids is 1. The molecule has 3 atom stereocenters. The molecule has 4 N–H and O–H groups in total. The fraction of sp³-hybridized carbons (Fsp3) is 0.625. The molecule has 3 rings (SSSR count). The second kappa shape index (κ2) is 16.2. The van der Waals surface area contributed by atoms with E-state index in [-0.39, 0.29) is 31.0 Å². The molecule has 1 aromatic rings. The summed E-state index contributed by atoms with van der Waals surface area (Å²) in [5.41, 5.74) is 0.198. The van der Waals surface area contributed by atoms with Gasteiger partial charge in [-0.15, -0.1) is 0 Å². The van der Waals surface area contributed by atoms with Crippen LogP contribution in [0.25, 0.3) is 0 Å². The smallest absolute Gasteiger partial charge is 0.326 e. The number of carboxylic acids is 1. The molecule has 1 saturated heterocycles. The maximum Gasteiger partial charge on any atom is 0.326 e. The molecule has 12 nitrogen and oxygen atoms in total.